The van der Waals surface area contributed by atoms with Crippen LogP contribution in [0.1, 0.15) is 53.6 Å². The number of fused-ring (bicyclic) bond motifs is 3. The topological polar surface area (TPSA) is 88.9 Å². The van der Waals surface area contributed by atoms with Crippen molar-refractivity contribution < 1.29 is 9.59 Å². The zero-order chi connectivity index (χ0) is 20.5. The van der Waals surface area contributed by atoms with Crippen LogP contribution in [0.15, 0.2) is 24.3 Å². The zero-order valence-corrected chi connectivity index (χ0v) is 17.0. The quantitative estimate of drug-likeness (QED) is 0.707. The lowest BCUT2D eigenvalue weighted by Gasteiger charge is -2.13. The van der Waals surface area contributed by atoms with E-state index >= 15 is 0 Å². The fraction of sp³-hybridized carbons (Fsp3) is 0.364. The Balaban J connectivity index is 1.72. The third kappa shape index (κ3) is 3.72. The number of hydrogen-bond acceptors (Lipinski definition) is 4. The van der Waals surface area contributed by atoms with Gasteiger partial charge >= 0.3 is 0 Å². The summed E-state index contributed by atoms with van der Waals surface area (Å²) in [5.74, 6) is 0.632. The number of nitrogens with zero attached hydrogens (tertiary/aromatic N) is 3. The predicted molar refractivity (Wildman–Crippen MR) is 113 cm³/mol. The summed E-state index contributed by atoms with van der Waals surface area (Å²) >= 11 is 0. The van der Waals surface area contributed by atoms with E-state index in [1.807, 2.05) is 26.0 Å². The van der Waals surface area contributed by atoms with Crippen LogP contribution >= 0.6 is 0 Å². The third-order valence-electron chi connectivity index (χ3n) is 5.33. The Morgan fingerprint density at radius 2 is 1.79 bits per heavy atom. The van der Waals surface area contributed by atoms with Crippen molar-refractivity contribution in [3.05, 3.63) is 46.9 Å². The molecule has 0 spiro atoms. The molecule has 3 aromatic rings. The standard InChI is InChI=1S/C22H25N5O2/c1-13-12-16(20-21(23-13)27-11-6-4-5-10-19(27)26-20)22(29)25-18-9-7-8-17(14(18)2)24-15(3)28/h7-9,12H,4-6,10-11H2,1-3H3,(H,24,28)(H,25,29). The largest absolute Gasteiger partial charge is 0.326 e. The maximum Gasteiger partial charge on any atom is 0.258 e. The summed E-state index contributed by atoms with van der Waals surface area (Å²) in [6, 6.07) is 7.23. The molecule has 0 fully saturated rings. The first kappa shape index (κ1) is 19.1. The average Bonchev–Trinajstić information content (AvgIpc) is 2.85. The highest BCUT2D eigenvalue weighted by molar-refractivity contribution is 6.11. The lowest BCUT2D eigenvalue weighted by molar-refractivity contribution is -0.114. The minimum Gasteiger partial charge on any atom is -0.326 e. The van der Waals surface area contributed by atoms with Crippen LogP contribution in [-0.4, -0.2) is 26.3 Å². The van der Waals surface area contributed by atoms with Gasteiger partial charge in [-0.1, -0.05) is 12.5 Å². The second-order valence-corrected chi connectivity index (χ2v) is 7.59. The minimum absolute atomic E-state index is 0.150. The summed E-state index contributed by atoms with van der Waals surface area (Å²) in [5, 5.41) is 5.77. The van der Waals surface area contributed by atoms with Crippen LogP contribution in [-0.2, 0) is 17.8 Å². The Morgan fingerprint density at radius 3 is 2.55 bits per heavy atom. The molecule has 1 aliphatic rings. The van der Waals surface area contributed by atoms with Gasteiger partial charge in [-0.15, -0.1) is 0 Å². The van der Waals surface area contributed by atoms with Crippen LogP contribution in [0.3, 0.4) is 0 Å². The second kappa shape index (κ2) is 7.66. The molecule has 4 rings (SSSR count). The van der Waals surface area contributed by atoms with E-state index in [0.29, 0.717) is 22.5 Å². The Morgan fingerprint density at radius 1 is 1.03 bits per heavy atom. The summed E-state index contributed by atoms with van der Waals surface area (Å²) in [4.78, 5) is 34.0. The highest BCUT2D eigenvalue weighted by Gasteiger charge is 2.21. The molecule has 0 aliphatic carbocycles. The molecule has 0 bridgehead atoms. The van der Waals surface area contributed by atoms with Gasteiger partial charge in [0.25, 0.3) is 5.91 Å². The number of benzene rings is 1. The normalized spacial score (nSPS) is 13.6. The van der Waals surface area contributed by atoms with Gasteiger partial charge in [-0.3, -0.25) is 9.59 Å². The molecule has 0 unspecified atom stereocenters. The molecule has 0 saturated carbocycles. The predicted octanol–water partition coefficient (Wildman–Crippen LogP) is 3.99. The number of carbonyl (C=O) groups excluding carboxylic acids is 2. The first-order valence-electron chi connectivity index (χ1n) is 9.99. The van der Waals surface area contributed by atoms with Gasteiger partial charge in [0.2, 0.25) is 5.91 Å². The summed E-state index contributed by atoms with van der Waals surface area (Å²) < 4.78 is 2.16. The van der Waals surface area contributed by atoms with Crippen molar-refractivity contribution in [2.75, 3.05) is 10.6 Å². The Kier molecular flexibility index (Phi) is 5.05. The lowest BCUT2D eigenvalue weighted by Crippen LogP contribution is -2.15. The summed E-state index contributed by atoms with van der Waals surface area (Å²) in [6.07, 6.45) is 4.31. The van der Waals surface area contributed by atoms with Gasteiger partial charge in [0.15, 0.2) is 5.65 Å². The molecule has 1 aliphatic heterocycles. The smallest absolute Gasteiger partial charge is 0.258 e. The first-order valence-corrected chi connectivity index (χ1v) is 9.99. The zero-order valence-electron chi connectivity index (χ0n) is 17.0. The van der Waals surface area contributed by atoms with E-state index in [2.05, 4.69) is 20.2 Å². The summed E-state index contributed by atoms with van der Waals surface area (Å²) in [7, 11) is 0. The molecular formula is C22H25N5O2. The number of aromatic nitrogens is 3. The molecule has 2 amide bonds. The molecule has 0 atom stereocenters. The van der Waals surface area contributed by atoms with Crippen molar-refractivity contribution in [2.24, 2.45) is 0 Å². The van der Waals surface area contributed by atoms with Crippen LogP contribution in [0.25, 0.3) is 11.2 Å². The maximum absolute atomic E-state index is 13.2. The number of hydrogen-bond donors (Lipinski definition) is 2. The number of imidazole rings is 1. The van der Waals surface area contributed by atoms with Crippen molar-refractivity contribution in [2.45, 2.75) is 53.0 Å². The van der Waals surface area contributed by atoms with Gasteiger partial charge in [-0.25, -0.2) is 9.97 Å². The van der Waals surface area contributed by atoms with Crippen molar-refractivity contribution in [1.29, 1.82) is 0 Å². The maximum atomic E-state index is 13.2. The minimum atomic E-state index is -0.225. The van der Waals surface area contributed by atoms with Gasteiger partial charge < -0.3 is 15.2 Å². The average molecular weight is 391 g/mol. The van der Waals surface area contributed by atoms with E-state index in [0.717, 1.165) is 48.5 Å². The first-order chi connectivity index (χ1) is 13.9. The molecule has 7 heteroatoms. The Bertz CT molecular complexity index is 1120. The van der Waals surface area contributed by atoms with Gasteiger partial charge in [-0.2, -0.15) is 0 Å². The van der Waals surface area contributed by atoms with Crippen LogP contribution in [0.4, 0.5) is 11.4 Å². The van der Waals surface area contributed by atoms with Gasteiger partial charge in [0.05, 0.1) is 5.56 Å². The number of pyridine rings is 1. The number of amides is 2. The van der Waals surface area contributed by atoms with Gasteiger partial charge in [-0.05, 0) is 50.5 Å². The van der Waals surface area contributed by atoms with E-state index in [1.165, 1.54) is 13.3 Å². The van der Waals surface area contributed by atoms with Crippen molar-refractivity contribution in [3.8, 4) is 0 Å². The molecule has 0 radical (unpaired) electrons. The van der Waals surface area contributed by atoms with E-state index in [-0.39, 0.29) is 11.8 Å². The molecule has 7 nitrogen and oxygen atoms in total. The van der Waals surface area contributed by atoms with E-state index in [1.54, 1.807) is 12.1 Å². The molecule has 3 heterocycles. The monoisotopic (exact) mass is 391 g/mol. The van der Waals surface area contributed by atoms with Crippen LogP contribution in [0.5, 0.6) is 0 Å². The molecule has 0 saturated heterocycles. The van der Waals surface area contributed by atoms with Crippen molar-refractivity contribution >= 4 is 34.4 Å². The highest BCUT2D eigenvalue weighted by atomic mass is 16.2. The molecule has 2 aromatic heterocycles. The van der Waals surface area contributed by atoms with Crippen LogP contribution in [0.2, 0.25) is 0 Å². The lowest BCUT2D eigenvalue weighted by atomic mass is 10.1. The number of carbonyl (C=O) groups is 2. The second-order valence-electron chi connectivity index (χ2n) is 7.59. The number of aryl methyl sites for hydroxylation is 3. The van der Waals surface area contributed by atoms with E-state index < -0.39 is 0 Å². The van der Waals surface area contributed by atoms with Crippen molar-refractivity contribution in [3.63, 3.8) is 0 Å². The highest BCUT2D eigenvalue weighted by Crippen LogP contribution is 2.27. The fourth-order valence-corrected chi connectivity index (χ4v) is 3.87. The van der Waals surface area contributed by atoms with Gasteiger partial charge in [0, 0.05) is 37.0 Å². The van der Waals surface area contributed by atoms with E-state index in [4.69, 9.17) is 4.98 Å². The summed E-state index contributed by atoms with van der Waals surface area (Å²) in [6.45, 7) is 6.12. The van der Waals surface area contributed by atoms with Gasteiger partial charge in [0.1, 0.15) is 11.3 Å². The fourth-order valence-electron chi connectivity index (χ4n) is 3.87. The Labute approximate surface area is 169 Å². The Hall–Kier alpha value is -3.22. The molecule has 29 heavy (non-hydrogen) atoms. The molecule has 2 N–H and O–H groups in total. The molecule has 150 valence electrons. The van der Waals surface area contributed by atoms with Crippen molar-refractivity contribution in [1.82, 2.24) is 14.5 Å². The number of rotatable bonds is 3. The number of anilines is 2. The van der Waals surface area contributed by atoms with E-state index in [9.17, 15) is 9.59 Å². The van der Waals surface area contributed by atoms with Crippen LogP contribution < -0.4 is 10.6 Å². The number of nitrogens with one attached hydrogen (secondary N) is 2. The third-order valence-corrected chi connectivity index (χ3v) is 5.33. The molecular weight excluding hydrogens is 366 g/mol. The summed E-state index contributed by atoms with van der Waals surface area (Å²) in [5.41, 5.74) is 4.90. The van der Waals surface area contributed by atoms with Crippen LogP contribution in [0, 0.1) is 13.8 Å². The SMILES string of the molecule is CC(=O)Nc1cccc(NC(=O)c2cc(C)nc3c2nc2n3CCCCC2)c1C. The molecule has 1 aromatic carbocycles.